The van der Waals surface area contributed by atoms with Crippen molar-refractivity contribution >= 4 is 0 Å². The second-order valence-electron chi connectivity index (χ2n) is 2.56. The molecule has 0 heterocycles. The Morgan fingerprint density at radius 3 is 0.846 bits per heavy atom. The first-order valence-electron chi connectivity index (χ1n) is 2.88. The van der Waals surface area contributed by atoms with Gasteiger partial charge in [0, 0.05) is 0 Å². The fourth-order valence-corrected chi connectivity index (χ4v) is 0.462. The van der Waals surface area contributed by atoms with E-state index in [0.29, 0.717) is 6.17 Å². The van der Waals surface area contributed by atoms with Crippen molar-refractivity contribution in [2.75, 3.05) is 28.2 Å². The number of hydrogen-bond donors (Lipinski definition) is 0. The van der Waals surface area contributed by atoms with E-state index < -0.39 is 0 Å². The molecular formula is C6H16Cl4HfN2. The van der Waals surface area contributed by atoms with Crippen LogP contribution in [0.5, 0.6) is 0 Å². The third kappa shape index (κ3) is 20.1. The molecule has 0 saturated heterocycles. The van der Waals surface area contributed by atoms with Crippen LogP contribution in [0.4, 0.5) is 0 Å². The SMILES string of the molecule is CC(N(C)C)N(C)C.[Cl-].[Cl-].[Cl-].[Cl-].[Hf+4]. The van der Waals surface area contributed by atoms with Crippen molar-refractivity contribution in [1.82, 2.24) is 9.80 Å². The molecule has 0 aromatic rings. The van der Waals surface area contributed by atoms with Gasteiger partial charge in [-0.25, -0.2) is 0 Å². The molecular weight excluding hydrogens is 420 g/mol. The molecule has 7 heteroatoms. The normalized spacial score (nSPS) is 7.38. The molecule has 0 N–H and O–H groups in total. The zero-order chi connectivity index (χ0) is 6.73. The molecule has 0 aliphatic carbocycles. The summed E-state index contributed by atoms with van der Waals surface area (Å²) in [5.74, 6) is 0. The molecule has 0 aliphatic rings. The second kappa shape index (κ2) is 19.5. The van der Waals surface area contributed by atoms with Gasteiger partial charge in [0.2, 0.25) is 0 Å². The van der Waals surface area contributed by atoms with Crippen LogP contribution in [0.1, 0.15) is 6.92 Å². The first-order chi connectivity index (χ1) is 3.55. The van der Waals surface area contributed by atoms with E-state index in [2.05, 4.69) is 44.9 Å². The average Bonchev–Trinajstić information content (AvgIpc) is 1.64. The van der Waals surface area contributed by atoms with Crippen LogP contribution in [0.3, 0.4) is 0 Å². The number of halogens is 4. The van der Waals surface area contributed by atoms with Crippen molar-refractivity contribution in [3.05, 3.63) is 0 Å². The first-order valence-corrected chi connectivity index (χ1v) is 2.88. The maximum atomic E-state index is 2.17. The van der Waals surface area contributed by atoms with Crippen LogP contribution in [0.25, 0.3) is 0 Å². The van der Waals surface area contributed by atoms with Crippen LogP contribution in [0.15, 0.2) is 0 Å². The largest absolute Gasteiger partial charge is 4.00 e. The van der Waals surface area contributed by atoms with Crippen molar-refractivity contribution in [3.8, 4) is 0 Å². The first kappa shape index (κ1) is 36.3. The molecule has 2 nitrogen and oxygen atoms in total. The molecule has 0 aromatic heterocycles. The minimum absolute atomic E-state index is 0. The van der Waals surface area contributed by atoms with Crippen molar-refractivity contribution in [2.45, 2.75) is 13.1 Å². The van der Waals surface area contributed by atoms with Crippen molar-refractivity contribution in [1.29, 1.82) is 0 Å². The Morgan fingerprint density at radius 1 is 0.692 bits per heavy atom. The molecule has 0 aliphatic heterocycles. The number of rotatable bonds is 2. The maximum Gasteiger partial charge on any atom is 4.00 e. The Labute approximate surface area is 126 Å². The minimum atomic E-state index is 0. The second-order valence-corrected chi connectivity index (χ2v) is 2.56. The van der Waals surface area contributed by atoms with Crippen molar-refractivity contribution in [3.63, 3.8) is 0 Å². The van der Waals surface area contributed by atoms with E-state index >= 15 is 0 Å². The number of hydrogen-bond acceptors (Lipinski definition) is 2. The van der Waals surface area contributed by atoms with E-state index in [4.69, 9.17) is 0 Å². The summed E-state index contributed by atoms with van der Waals surface area (Å²) in [7, 11) is 8.30. The summed E-state index contributed by atoms with van der Waals surface area (Å²) in [4.78, 5) is 4.33. The van der Waals surface area contributed by atoms with Gasteiger partial charge < -0.3 is 49.6 Å². The zero-order valence-electron chi connectivity index (χ0n) is 8.48. The quantitative estimate of drug-likeness (QED) is 0.314. The van der Waals surface area contributed by atoms with Gasteiger partial charge in [0.15, 0.2) is 0 Å². The van der Waals surface area contributed by atoms with E-state index in [-0.39, 0.29) is 75.5 Å². The molecule has 13 heavy (non-hydrogen) atoms. The van der Waals surface area contributed by atoms with Gasteiger partial charge in [-0.2, -0.15) is 0 Å². The Kier molecular flexibility index (Phi) is 54.5. The summed E-state index contributed by atoms with van der Waals surface area (Å²) in [6, 6.07) is 0. The van der Waals surface area contributed by atoms with Gasteiger partial charge in [-0.15, -0.1) is 0 Å². The van der Waals surface area contributed by atoms with Gasteiger partial charge in [-0.05, 0) is 35.1 Å². The van der Waals surface area contributed by atoms with Crippen LogP contribution < -0.4 is 49.6 Å². The van der Waals surface area contributed by atoms with Crippen LogP contribution in [-0.2, 0) is 25.8 Å². The molecule has 0 bridgehead atoms. The predicted molar refractivity (Wildman–Crippen MR) is 36.8 cm³/mol. The summed E-state index contributed by atoms with van der Waals surface area (Å²) in [6.45, 7) is 2.17. The molecule has 0 rings (SSSR count). The molecule has 0 spiro atoms. The Morgan fingerprint density at radius 2 is 0.846 bits per heavy atom. The summed E-state index contributed by atoms with van der Waals surface area (Å²) in [5, 5.41) is 0. The summed E-state index contributed by atoms with van der Waals surface area (Å²) >= 11 is 0. The van der Waals surface area contributed by atoms with Gasteiger partial charge in [0.05, 0.1) is 6.17 Å². The number of nitrogens with zero attached hydrogens (tertiary/aromatic N) is 2. The fourth-order valence-electron chi connectivity index (χ4n) is 0.462. The third-order valence-electron chi connectivity index (χ3n) is 1.49. The average molecular weight is 437 g/mol. The van der Waals surface area contributed by atoms with Gasteiger partial charge in [0.1, 0.15) is 0 Å². The third-order valence-corrected chi connectivity index (χ3v) is 1.49. The van der Waals surface area contributed by atoms with Crippen LogP contribution in [0, 0.1) is 0 Å². The Balaban J connectivity index is -0.0000000245. The van der Waals surface area contributed by atoms with E-state index in [1.54, 1.807) is 0 Å². The van der Waals surface area contributed by atoms with Gasteiger partial charge in [-0.1, -0.05) is 0 Å². The van der Waals surface area contributed by atoms with Crippen molar-refractivity contribution in [2.24, 2.45) is 0 Å². The van der Waals surface area contributed by atoms with E-state index in [1.165, 1.54) is 0 Å². The molecule has 0 unspecified atom stereocenters. The van der Waals surface area contributed by atoms with Crippen molar-refractivity contribution < 1.29 is 75.5 Å². The maximum absolute atomic E-state index is 2.17. The molecule has 0 fully saturated rings. The van der Waals surface area contributed by atoms with Gasteiger partial charge in [-0.3, -0.25) is 9.80 Å². The van der Waals surface area contributed by atoms with Crippen LogP contribution >= 0.6 is 0 Å². The monoisotopic (exact) mass is 436 g/mol. The predicted octanol–water partition coefficient (Wildman–Crippen LogP) is -11.5. The molecule has 82 valence electrons. The standard InChI is InChI=1S/C6H16N2.4ClH.Hf/c1-6(7(2)3)8(4)5;;;;;/h6H,1-5H3;4*1H;/q;;;;;+4/p-4. The van der Waals surface area contributed by atoms with Crippen LogP contribution in [0.2, 0.25) is 0 Å². The summed E-state index contributed by atoms with van der Waals surface area (Å²) in [6.07, 6.45) is 0.537. The molecule has 0 amide bonds. The molecule has 0 aromatic carbocycles. The summed E-state index contributed by atoms with van der Waals surface area (Å²) in [5.41, 5.74) is 0. The molecule has 0 radical (unpaired) electrons. The topological polar surface area (TPSA) is 6.48 Å². The van der Waals surface area contributed by atoms with E-state index in [1.807, 2.05) is 0 Å². The fraction of sp³-hybridized carbons (Fsp3) is 1.00. The minimum Gasteiger partial charge on any atom is -1.00 e. The van der Waals surface area contributed by atoms with Crippen LogP contribution in [-0.4, -0.2) is 44.2 Å². The van der Waals surface area contributed by atoms with Gasteiger partial charge in [0.25, 0.3) is 0 Å². The smallest absolute Gasteiger partial charge is 1.00 e. The van der Waals surface area contributed by atoms with E-state index in [9.17, 15) is 0 Å². The van der Waals surface area contributed by atoms with E-state index in [0.717, 1.165) is 0 Å². The Bertz CT molecular complexity index is 67.7. The zero-order valence-corrected chi connectivity index (χ0v) is 15.1. The van der Waals surface area contributed by atoms with Gasteiger partial charge >= 0.3 is 25.8 Å². The molecule has 0 saturated carbocycles. The summed E-state index contributed by atoms with van der Waals surface area (Å²) < 4.78 is 0. The Hall–Kier alpha value is 1.95. The molecule has 0 atom stereocenters.